The molecular weight excluding hydrogens is 328 g/mol. The lowest BCUT2D eigenvalue weighted by Crippen LogP contribution is -2.31. The molecule has 1 aliphatic rings. The zero-order valence-corrected chi connectivity index (χ0v) is 14.8. The first kappa shape index (κ1) is 16.5. The second kappa shape index (κ2) is 7.11. The monoisotopic (exact) mass is 350 g/mol. The van der Waals surface area contributed by atoms with Crippen molar-refractivity contribution in [3.05, 3.63) is 59.8 Å². The molecule has 26 heavy (non-hydrogen) atoms. The third kappa shape index (κ3) is 3.37. The Morgan fingerprint density at radius 3 is 3.00 bits per heavy atom. The molecule has 3 aromatic heterocycles. The van der Waals surface area contributed by atoms with E-state index < -0.39 is 0 Å². The van der Waals surface area contributed by atoms with Crippen LogP contribution < -0.4 is 5.32 Å². The van der Waals surface area contributed by atoms with E-state index in [9.17, 15) is 4.79 Å². The highest BCUT2D eigenvalue weighted by molar-refractivity contribution is 5.76. The second-order valence-electron chi connectivity index (χ2n) is 6.68. The molecule has 1 atom stereocenters. The van der Waals surface area contributed by atoms with Gasteiger partial charge in [-0.15, -0.1) is 0 Å². The van der Waals surface area contributed by atoms with Gasteiger partial charge in [-0.1, -0.05) is 6.07 Å². The van der Waals surface area contributed by atoms with Crippen LogP contribution in [0.2, 0.25) is 0 Å². The van der Waals surface area contributed by atoms with E-state index in [0.717, 1.165) is 41.9 Å². The second-order valence-corrected chi connectivity index (χ2v) is 6.68. The molecule has 7 nitrogen and oxygen atoms in total. The van der Waals surface area contributed by atoms with E-state index in [1.54, 1.807) is 10.9 Å². The van der Waals surface area contributed by atoms with Gasteiger partial charge in [0, 0.05) is 31.4 Å². The van der Waals surface area contributed by atoms with Gasteiger partial charge in [-0.2, -0.15) is 10.2 Å². The summed E-state index contributed by atoms with van der Waals surface area (Å²) >= 11 is 0. The predicted octanol–water partition coefficient (Wildman–Crippen LogP) is 2.13. The number of carbonyl (C=O) groups excluding carboxylic acids is 1. The fourth-order valence-electron chi connectivity index (χ4n) is 3.51. The molecule has 4 rings (SSSR count). The van der Waals surface area contributed by atoms with E-state index in [1.807, 2.05) is 48.5 Å². The Morgan fingerprint density at radius 1 is 1.31 bits per heavy atom. The third-order valence-electron chi connectivity index (χ3n) is 4.78. The van der Waals surface area contributed by atoms with Crippen LogP contribution in [0.4, 0.5) is 0 Å². The SMILES string of the molecule is Cn1cc(CCC(=O)N[C@H]2CCCc3c2cnn3-c2ccccn2)cn1. The molecule has 134 valence electrons. The van der Waals surface area contributed by atoms with Gasteiger partial charge in [0.25, 0.3) is 0 Å². The van der Waals surface area contributed by atoms with Gasteiger partial charge < -0.3 is 5.32 Å². The highest BCUT2D eigenvalue weighted by atomic mass is 16.1. The lowest BCUT2D eigenvalue weighted by molar-refractivity contribution is -0.121. The average Bonchev–Trinajstić information content (AvgIpc) is 3.27. The van der Waals surface area contributed by atoms with Crippen molar-refractivity contribution in [2.24, 2.45) is 7.05 Å². The zero-order valence-electron chi connectivity index (χ0n) is 14.8. The zero-order chi connectivity index (χ0) is 17.9. The van der Waals surface area contributed by atoms with E-state index in [1.165, 1.54) is 0 Å². The Hall–Kier alpha value is -2.96. The van der Waals surface area contributed by atoms with Crippen molar-refractivity contribution in [3.63, 3.8) is 0 Å². The maximum Gasteiger partial charge on any atom is 0.220 e. The quantitative estimate of drug-likeness (QED) is 0.765. The van der Waals surface area contributed by atoms with Crippen molar-refractivity contribution in [3.8, 4) is 5.82 Å². The van der Waals surface area contributed by atoms with Crippen LogP contribution >= 0.6 is 0 Å². The maximum absolute atomic E-state index is 12.4. The molecule has 0 aromatic carbocycles. The number of hydrogen-bond donors (Lipinski definition) is 1. The molecule has 0 saturated heterocycles. The topological polar surface area (TPSA) is 77.6 Å². The van der Waals surface area contributed by atoms with Gasteiger partial charge in [0.05, 0.1) is 24.1 Å². The van der Waals surface area contributed by atoms with Gasteiger partial charge >= 0.3 is 0 Å². The first-order valence-corrected chi connectivity index (χ1v) is 8.96. The molecule has 3 heterocycles. The summed E-state index contributed by atoms with van der Waals surface area (Å²) in [6.07, 6.45) is 11.5. The molecule has 0 saturated carbocycles. The Morgan fingerprint density at radius 2 is 2.23 bits per heavy atom. The van der Waals surface area contributed by atoms with Gasteiger partial charge in [-0.25, -0.2) is 9.67 Å². The summed E-state index contributed by atoms with van der Waals surface area (Å²) < 4.78 is 3.65. The molecule has 0 bridgehead atoms. The number of aryl methyl sites for hydroxylation is 2. The number of hydrogen-bond acceptors (Lipinski definition) is 4. The molecule has 0 radical (unpaired) electrons. The molecule has 1 N–H and O–H groups in total. The lowest BCUT2D eigenvalue weighted by Gasteiger charge is -2.24. The van der Waals surface area contributed by atoms with Crippen LogP contribution in [0, 0.1) is 0 Å². The van der Waals surface area contributed by atoms with Crippen LogP contribution in [0.25, 0.3) is 5.82 Å². The van der Waals surface area contributed by atoms with Gasteiger partial charge in [0.1, 0.15) is 0 Å². The van der Waals surface area contributed by atoms with Crippen molar-refractivity contribution in [2.45, 2.75) is 38.1 Å². The highest BCUT2D eigenvalue weighted by Crippen LogP contribution is 2.30. The van der Waals surface area contributed by atoms with Gasteiger partial charge in [-0.05, 0) is 43.4 Å². The van der Waals surface area contributed by atoms with E-state index in [-0.39, 0.29) is 11.9 Å². The largest absolute Gasteiger partial charge is 0.349 e. The van der Waals surface area contributed by atoms with Crippen LogP contribution in [0.1, 0.15) is 42.1 Å². The normalized spacial score (nSPS) is 16.3. The van der Waals surface area contributed by atoms with Crippen molar-refractivity contribution in [2.75, 3.05) is 0 Å². The Labute approximate surface area is 152 Å². The van der Waals surface area contributed by atoms with Crippen molar-refractivity contribution >= 4 is 5.91 Å². The van der Waals surface area contributed by atoms with E-state index in [0.29, 0.717) is 12.8 Å². The van der Waals surface area contributed by atoms with Crippen molar-refractivity contribution < 1.29 is 4.79 Å². The van der Waals surface area contributed by atoms with Crippen LogP contribution in [-0.4, -0.2) is 30.5 Å². The molecule has 1 aliphatic carbocycles. The molecule has 7 heteroatoms. The number of aromatic nitrogens is 5. The van der Waals surface area contributed by atoms with E-state index in [2.05, 4.69) is 20.5 Å². The number of amides is 1. The summed E-state index contributed by atoms with van der Waals surface area (Å²) in [5.74, 6) is 0.884. The highest BCUT2D eigenvalue weighted by Gasteiger charge is 2.26. The maximum atomic E-state index is 12.4. The van der Waals surface area contributed by atoms with Crippen molar-refractivity contribution in [1.29, 1.82) is 0 Å². The smallest absolute Gasteiger partial charge is 0.220 e. The number of nitrogens with zero attached hydrogens (tertiary/aromatic N) is 5. The van der Waals surface area contributed by atoms with E-state index >= 15 is 0 Å². The van der Waals surface area contributed by atoms with E-state index in [4.69, 9.17) is 0 Å². The lowest BCUT2D eigenvalue weighted by atomic mass is 9.92. The number of pyridine rings is 1. The Balaban J connectivity index is 1.45. The minimum atomic E-state index is 0.0256. The number of fused-ring (bicyclic) bond motifs is 1. The van der Waals surface area contributed by atoms with Gasteiger partial charge in [-0.3, -0.25) is 9.48 Å². The Kier molecular flexibility index (Phi) is 4.51. The fraction of sp³-hybridized carbons (Fsp3) is 0.368. The fourth-order valence-corrected chi connectivity index (χ4v) is 3.51. The summed E-state index contributed by atoms with van der Waals surface area (Å²) in [6.45, 7) is 0. The third-order valence-corrected chi connectivity index (χ3v) is 4.78. The van der Waals surface area contributed by atoms with Crippen LogP contribution in [0.5, 0.6) is 0 Å². The van der Waals surface area contributed by atoms with Crippen LogP contribution in [0.15, 0.2) is 43.0 Å². The first-order valence-electron chi connectivity index (χ1n) is 8.96. The molecule has 0 fully saturated rings. The summed E-state index contributed by atoms with van der Waals surface area (Å²) in [4.78, 5) is 16.8. The molecule has 0 unspecified atom stereocenters. The van der Waals surface area contributed by atoms with Gasteiger partial charge in [0.15, 0.2) is 5.82 Å². The summed E-state index contributed by atoms with van der Waals surface area (Å²) in [5, 5.41) is 11.8. The minimum Gasteiger partial charge on any atom is -0.349 e. The first-order chi connectivity index (χ1) is 12.7. The molecule has 1 amide bonds. The number of nitrogens with one attached hydrogen (secondary N) is 1. The molecule has 3 aromatic rings. The van der Waals surface area contributed by atoms with Crippen LogP contribution in [0.3, 0.4) is 0 Å². The molecular formula is C19H22N6O. The predicted molar refractivity (Wildman–Crippen MR) is 96.7 cm³/mol. The Bertz CT molecular complexity index is 898. The summed E-state index contributed by atoms with van der Waals surface area (Å²) in [6, 6.07) is 5.82. The molecule has 0 aliphatic heterocycles. The van der Waals surface area contributed by atoms with Gasteiger partial charge in [0.2, 0.25) is 5.91 Å². The minimum absolute atomic E-state index is 0.0256. The van der Waals surface area contributed by atoms with Crippen LogP contribution in [-0.2, 0) is 24.7 Å². The number of carbonyl (C=O) groups is 1. The van der Waals surface area contributed by atoms with Crippen molar-refractivity contribution in [1.82, 2.24) is 29.9 Å². The summed E-state index contributed by atoms with van der Waals surface area (Å²) in [5.41, 5.74) is 3.33. The standard InChI is InChI=1S/C19H22N6O/c1-24-13-14(11-21-24)8-9-19(26)23-16-5-4-6-17-15(16)12-22-25(17)18-7-2-3-10-20-18/h2-3,7,10-13,16H,4-6,8-9H2,1H3,(H,23,26)/t16-/m0/s1. The molecule has 0 spiro atoms. The average molecular weight is 350 g/mol. The number of rotatable bonds is 5. The summed E-state index contributed by atoms with van der Waals surface area (Å²) in [7, 11) is 1.88.